The molecule has 0 bridgehead atoms. The summed E-state index contributed by atoms with van der Waals surface area (Å²) in [6.45, 7) is 6.05. The maximum absolute atomic E-state index is 5.68. The maximum Gasteiger partial charge on any atom is 0.0482 e. The Kier molecular flexibility index (Phi) is 3.16. The molecule has 1 aromatic rings. The highest BCUT2D eigenvalue weighted by atomic mass is 35.5. The van der Waals surface area contributed by atoms with Crippen LogP contribution in [0.3, 0.4) is 0 Å². The molecule has 0 radical (unpaired) electrons. The lowest BCUT2D eigenvalue weighted by Gasteiger charge is -1.99. The van der Waals surface area contributed by atoms with E-state index in [0.717, 1.165) is 12.0 Å². The number of aryl methyl sites for hydroxylation is 1. The predicted octanol–water partition coefficient (Wildman–Crippen LogP) is 3.56. The quantitative estimate of drug-likeness (QED) is 0.634. The zero-order valence-electron chi connectivity index (χ0n) is 6.56. The zero-order valence-corrected chi connectivity index (χ0v) is 8.13. The third-order valence-electron chi connectivity index (χ3n) is 1.61. The monoisotopic (exact) mass is 186 g/mol. The van der Waals surface area contributed by atoms with Gasteiger partial charge >= 0.3 is 0 Å². The fourth-order valence-corrected chi connectivity index (χ4v) is 2.17. The summed E-state index contributed by atoms with van der Waals surface area (Å²) in [6, 6.07) is 2.14. The van der Waals surface area contributed by atoms with Crippen LogP contribution in [-0.4, -0.2) is 5.88 Å². The van der Waals surface area contributed by atoms with E-state index in [1.807, 2.05) is 0 Å². The minimum Gasteiger partial charge on any atom is -0.144 e. The fourth-order valence-electron chi connectivity index (χ4n) is 0.985. The van der Waals surface area contributed by atoms with E-state index < -0.39 is 0 Å². The summed E-state index contributed by atoms with van der Waals surface area (Å²) >= 11 is 7.40. The third kappa shape index (κ3) is 1.85. The Bertz CT molecular complexity index is 250. The number of allylic oxidation sites excluding steroid dienone is 1. The Balaban J connectivity index is 2.92. The molecule has 0 N–H and O–H groups in total. The molecule has 0 amide bonds. The van der Waals surface area contributed by atoms with Gasteiger partial charge in [-0.25, -0.2) is 0 Å². The maximum atomic E-state index is 5.68. The molecule has 1 aromatic heterocycles. The standard InChI is InChI=1S/C9H11ClS/c1-3-8-4-5-11-9(8)7(2)6-10/h4-5H,2-3,6H2,1H3. The molecule has 0 saturated heterocycles. The molecule has 0 aliphatic heterocycles. The summed E-state index contributed by atoms with van der Waals surface area (Å²) in [7, 11) is 0. The van der Waals surface area contributed by atoms with E-state index >= 15 is 0 Å². The number of hydrogen-bond acceptors (Lipinski definition) is 1. The van der Waals surface area contributed by atoms with Crippen molar-refractivity contribution in [2.24, 2.45) is 0 Å². The second-order valence-corrected chi connectivity index (χ2v) is 3.55. The van der Waals surface area contributed by atoms with Crippen LogP contribution < -0.4 is 0 Å². The molecule has 1 heterocycles. The van der Waals surface area contributed by atoms with Gasteiger partial charge in [-0.1, -0.05) is 13.5 Å². The smallest absolute Gasteiger partial charge is 0.0482 e. The average Bonchev–Trinajstić information content (AvgIpc) is 2.50. The second-order valence-electron chi connectivity index (χ2n) is 2.37. The lowest BCUT2D eigenvalue weighted by molar-refractivity contribution is 1.15. The van der Waals surface area contributed by atoms with E-state index in [2.05, 4.69) is 24.9 Å². The summed E-state index contributed by atoms with van der Waals surface area (Å²) in [5.74, 6) is 0.535. The van der Waals surface area contributed by atoms with Gasteiger partial charge in [-0.15, -0.1) is 22.9 Å². The first kappa shape index (κ1) is 8.82. The molecule has 1 rings (SSSR count). The second kappa shape index (κ2) is 3.93. The lowest BCUT2D eigenvalue weighted by atomic mass is 10.1. The van der Waals surface area contributed by atoms with Crippen molar-refractivity contribution in [3.63, 3.8) is 0 Å². The Morgan fingerprint density at radius 2 is 2.45 bits per heavy atom. The summed E-state index contributed by atoms with van der Waals surface area (Å²) in [6.07, 6.45) is 1.06. The van der Waals surface area contributed by atoms with Crippen molar-refractivity contribution in [2.45, 2.75) is 13.3 Å². The van der Waals surface area contributed by atoms with Crippen molar-refractivity contribution < 1.29 is 0 Å². The van der Waals surface area contributed by atoms with Gasteiger partial charge in [-0.2, -0.15) is 0 Å². The SMILES string of the molecule is C=C(CCl)c1sccc1CC. The van der Waals surface area contributed by atoms with Crippen LogP contribution in [0.15, 0.2) is 18.0 Å². The van der Waals surface area contributed by atoms with Crippen LogP contribution in [0.5, 0.6) is 0 Å². The fraction of sp³-hybridized carbons (Fsp3) is 0.333. The molecule has 0 aliphatic carbocycles. The number of halogens is 1. The van der Waals surface area contributed by atoms with Gasteiger partial charge in [0.05, 0.1) is 0 Å². The van der Waals surface area contributed by atoms with Crippen molar-refractivity contribution in [2.75, 3.05) is 5.88 Å². The van der Waals surface area contributed by atoms with Crippen LogP contribution in [0.2, 0.25) is 0 Å². The third-order valence-corrected chi connectivity index (χ3v) is 2.99. The van der Waals surface area contributed by atoms with Crippen LogP contribution in [0.4, 0.5) is 0 Å². The van der Waals surface area contributed by atoms with E-state index in [0.29, 0.717) is 5.88 Å². The number of alkyl halides is 1. The minimum atomic E-state index is 0.535. The van der Waals surface area contributed by atoms with E-state index in [1.165, 1.54) is 10.4 Å². The summed E-state index contributed by atoms with van der Waals surface area (Å²) in [5.41, 5.74) is 2.40. The molecule has 2 heteroatoms. The van der Waals surface area contributed by atoms with Gasteiger partial charge in [0.1, 0.15) is 0 Å². The van der Waals surface area contributed by atoms with Crippen molar-refractivity contribution in [3.8, 4) is 0 Å². The normalized spacial score (nSPS) is 10.0. The molecule has 0 unspecified atom stereocenters. The van der Waals surface area contributed by atoms with Crippen molar-refractivity contribution in [1.29, 1.82) is 0 Å². The van der Waals surface area contributed by atoms with E-state index in [-0.39, 0.29) is 0 Å². The molecule has 60 valence electrons. The predicted molar refractivity (Wildman–Crippen MR) is 53.5 cm³/mol. The highest BCUT2D eigenvalue weighted by Gasteiger charge is 2.04. The lowest BCUT2D eigenvalue weighted by Crippen LogP contribution is -1.84. The van der Waals surface area contributed by atoms with Crippen molar-refractivity contribution >= 4 is 28.5 Å². The Hall–Kier alpha value is -0.270. The minimum absolute atomic E-state index is 0.535. The van der Waals surface area contributed by atoms with Crippen molar-refractivity contribution in [1.82, 2.24) is 0 Å². The van der Waals surface area contributed by atoms with Crippen molar-refractivity contribution in [3.05, 3.63) is 28.5 Å². The van der Waals surface area contributed by atoms with E-state index in [4.69, 9.17) is 11.6 Å². The largest absolute Gasteiger partial charge is 0.144 e. The molecule has 0 spiro atoms. The topological polar surface area (TPSA) is 0 Å². The molecular formula is C9H11ClS. The number of hydrogen-bond donors (Lipinski definition) is 0. The van der Waals surface area contributed by atoms with Crippen LogP contribution in [0.25, 0.3) is 5.57 Å². The zero-order chi connectivity index (χ0) is 8.27. The van der Waals surface area contributed by atoms with Crippen LogP contribution in [-0.2, 0) is 6.42 Å². The van der Waals surface area contributed by atoms with E-state index in [1.54, 1.807) is 11.3 Å². The Labute approximate surface area is 76.5 Å². The number of thiophene rings is 1. The van der Waals surface area contributed by atoms with Gasteiger partial charge in [0.2, 0.25) is 0 Å². The molecule has 11 heavy (non-hydrogen) atoms. The highest BCUT2D eigenvalue weighted by molar-refractivity contribution is 7.11. The van der Waals surface area contributed by atoms with Gasteiger partial charge in [-0.05, 0) is 29.0 Å². The highest BCUT2D eigenvalue weighted by Crippen LogP contribution is 2.25. The first-order chi connectivity index (χ1) is 5.29. The van der Waals surface area contributed by atoms with Gasteiger partial charge in [0.25, 0.3) is 0 Å². The van der Waals surface area contributed by atoms with Gasteiger partial charge in [0, 0.05) is 10.8 Å². The Morgan fingerprint density at radius 3 is 3.00 bits per heavy atom. The summed E-state index contributed by atoms with van der Waals surface area (Å²) < 4.78 is 0. The molecule has 0 aliphatic rings. The van der Waals surface area contributed by atoms with Crippen LogP contribution >= 0.6 is 22.9 Å². The van der Waals surface area contributed by atoms with Gasteiger partial charge in [0.15, 0.2) is 0 Å². The first-order valence-electron chi connectivity index (χ1n) is 3.60. The van der Waals surface area contributed by atoms with Gasteiger partial charge in [-0.3, -0.25) is 0 Å². The molecule has 0 saturated carbocycles. The number of rotatable bonds is 3. The average molecular weight is 187 g/mol. The van der Waals surface area contributed by atoms with Crippen LogP contribution in [0.1, 0.15) is 17.4 Å². The molecule has 0 aromatic carbocycles. The molecule has 0 nitrogen and oxygen atoms in total. The summed E-state index contributed by atoms with van der Waals surface area (Å²) in [4.78, 5) is 1.27. The first-order valence-corrected chi connectivity index (χ1v) is 5.01. The van der Waals surface area contributed by atoms with Crippen LogP contribution in [0, 0.1) is 0 Å². The molecular weight excluding hydrogens is 176 g/mol. The summed E-state index contributed by atoms with van der Waals surface area (Å²) in [5, 5.41) is 2.09. The molecule has 0 atom stereocenters. The van der Waals surface area contributed by atoms with E-state index in [9.17, 15) is 0 Å². The van der Waals surface area contributed by atoms with Gasteiger partial charge < -0.3 is 0 Å². The molecule has 0 fully saturated rings. The Morgan fingerprint density at radius 1 is 1.73 bits per heavy atom.